The molecule has 1 saturated heterocycles. The second-order valence-corrected chi connectivity index (χ2v) is 11.1. The third-order valence-electron chi connectivity index (χ3n) is 6.36. The number of sulfonamides is 1. The van der Waals surface area contributed by atoms with Gasteiger partial charge in [-0.1, -0.05) is 26.0 Å². The van der Waals surface area contributed by atoms with Gasteiger partial charge in [-0.25, -0.2) is 8.42 Å². The van der Waals surface area contributed by atoms with E-state index in [-0.39, 0.29) is 16.2 Å². The van der Waals surface area contributed by atoms with Gasteiger partial charge in [0.2, 0.25) is 5.91 Å². The maximum absolute atomic E-state index is 13.1. The molecule has 2 aliphatic heterocycles. The summed E-state index contributed by atoms with van der Waals surface area (Å²) in [5.74, 6) is 0.148. The van der Waals surface area contributed by atoms with Crippen molar-refractivity contribution in [3.05, 3.63) is 53.1 Å². The van der Waals surface area contributed by atoms with Crippen LogP contribution in [-0.4, -0.2) is 45.4 Å². The van der Waals surface area contributed by atoms with Crippen LogP contribution < -0.4 is 9.62 Å². The third-order valence-corrected chi connectivity index (χ3v) is 7.72. The Morgan fingerprint density at radius 2 is 1.77 bits per heavy atom. The highest BCUT2D eigenvalue weighted by Gasteiger charge is 2.37. The van der Waals surface area contributed by atoms with Crippen molar-refractivity contribution < 1.29 is 13.2 Å². The Bertz CT molecular complexity index is 1120. The number of anilines is 2. The first-order valence-corrected chi connectivity index (χ1v) is 12.3. The highest BCUT2D eigenvalue weighted by atomic mass is 32.2. The Balaban J connectivity index is 1.61. The number of hydrogen-bond donors (Lipinski definition) is 1. The third kappa shape index (κ3) is 4.28. The van der Waals surface area contributed by atoms with Crippen LogP contribution in [0.25, 0.3) is 0 Å². The van der Waals surface area contributed by atoms with Crippen molar-refractivity contribution in [2.45, 2.75) is 50.8 Å². The smallest absolute Gasteiger partial charge is 0.261 e. The number of likely N-dealkylation sites (tertiary alicyclic amines) is 1. The number of hydrogen-bond acceptors (Lipinski definition) is 4. The number of amides is 1. The summed E-state index contributed by atoms with van der Waals surface area (Å²) >= 11 is 0. The highest BCUT2D eigenvalue weighted by molar-refractivity contribution is 7.92. The van der Waals surface area contributed by atoms with E-state index in [4.69, 9.17) is 0 Å². The van der Waals surface area contributed by atoms with Crippen LogP contribution in [0.5, 0.6) is 0 Å². The first kappa shape index (κ1) is 21.7. The second-order valence-electron chi connectivity index (χ2n) is 9.43. The molecule has 2 heterocycles. The molecule has 31 heavy (non-hydrogen) atoms. The van der Waals surface area contributed by atoms with Crippen LogP contribution in [0.2, 0.25) is 0 Å². The average molecular weight is 442 g/mol. The van der Waals surface area contributed by atoms with Gasteiger partial charge in [-0.05, 0) is 67.6 Å². The molecule has 1 amide bonds. The zero-order chi connectivity index (χ0) is 22.4. The van der Waals surface area contributed by atoms with E-state index >= 15 is 0 Å². The van der Waals surface area contributed by atoms with Gasteiger partial charge in [0.15, 0.2) is 0 Å². The molecular weight excluding hydrogens is 410 g/mol. The Labute approximate surface area is 185 Å². The van der Waals surface area contributed by atoms with Gasteiger partial charge in [0, 0.05) is 30.7 Å². The summed E-state index contributed by atoms with van der Waals surface area (Å²) in [7, 11) is -3.72. The molecule has 4 rings (SSSR count). The number of nitrogens with one attached hydrogen (secondary N) is 1. The van der Waals surface area contributed by atoms with Gasteiger partial charge in [0.05, 0.1) is 17.1 Å². The molecule has 0 aliphatic carbocycles. The van der Waals surface area contributed by atoms with E-state index in [0.717, 1.165) is 48.3 Å². The molecule has 166 valence electrons. The summed E-state index contributed by atoms with van der Waals surface area (Å²) in [6.45, 7) is 10.7. The Morgan fingerprint density at radius 1 is 1.06 bits per heavy atom. The van der Waals surface area contributed by atoms with Crippen LogP contribution in [0, 0.1) is 13.8 Å². The Kier molecular flexibility index (Phi) is 5.50. The predicted molar refractivity (Wildman–Crippen MR) is 124 cm³/mol. The van der Waals surface area contributed by atoms with Crippen molar-refractivity contribution in [3.8, 4) is 0 Å². The molecule has 0 spiro atoms. The molecule has 1 fully saturated rings. The summed E-state index contributed by atoms with van der Waals surface area (Å²) < 4.78 is 29.0. The van der Waals surface area contributed by atoms with Crippen molar-refractivity contribution in [1.82, 2.24) is 4.90 Å². The quantitative estimate of drug-likeness (QED) is 0.766. The van der Waals surface area contributed by atoms with Gasteiger partial charge in [0.1, 0.15) is 0 Å². The van der Waals surface area contributed by atoms with Gasteiger partial charge < -0.3 is 9.80 Å². The predicted octanol–water partition coefficient (Wildman–Crippen LogP) is 3.82. The molecule has 0 radical (unpaired) electrons. The molecule has 2 aliphatic rings. The summed E-state index contributed by atoms with van der Waals surface area (Å²) in [5, 5.41) is 0. The first-order valence-electron chi connectivity index (χ1n) is 10.8. The number of benzene rings is 2. The van der Waals surface area contributed by atoms with Gasteiger partial charge in [0.25, 0.3) is 10.0 Å². The number of fused-ring (bicyclic) bond motifs is 1. The lowest BCUT2D eigenvalue weighted by Crippen LogP contribution is -2.40. The molecular formula is C24H31N3O3S. The summed E-state index contributed by atoms with van der Waals surface area (Å²) in [6.07, 6.45) is 2.14. The van der Waals surface area contributed by atoms with Gasteiger partial charge in [-0.3, -0.25) is 9.52 Å². The molecule has 2 aromatic rings. The van der Waals surface area contributed by atoms with Crippen molar-refractivity contribution >= 4 is 27.3 Å². The SMILES string of the molecule is Cc1ccc(C)c(NS(=O)(=O)c2ccc3c(c2)C(C)(C)CN3CC(=O)N2CCCC2)c1. The van der Waals surface area contributed by atoms with Crippen LogP contribution in [0.1, 0.15) is 43.4 Å². The summed E-state index contributed by atoms with van der Waals surface area (Å²) in [4.78, 5) is 16.9. The number of nitrogens with zero attached hydrogens (tertiary/aromatic N) is 2. The van der Waals surface area contributed by atoms with E-state index in [1.165, 1.54) is 0 Å². The lowest BCUT2D eigenvalue weighted by atomic mass is 9.87. The fraction of sp³-hybridized carbons (Fsp3) is 0.458. The maximum atomic E-state index is 13.1. The van der Waals surface area contributed by atoms with Crippen molar-refractivity contribution in [2.75, 3.05) is 35.8 Å². The summed E-state index contributed by atoms with van der Waals surface area (Å²) in [5.41, 5.74) is 4.14. The number of aryl methyl sites for hydroxylation is 2. The number of carbonyl (C=O) groups excluding carboxylic acids is 1. The normalized spacial score (nSPS) is 17.7. The van der Waals surface area contributed by atoms with E-state index in [1.54, 1.807) is 12.1 Å². The molecule has 0 atom stereocenters. The van der Waals surface area contributed by atoms with E-state index in [9.17, 15) is 13.2 Å². The van der Waals surface area contributed by atoms with Crippen LogP contribution in [0.4, 0.5) is 11.4 Å². The standard InChI is InChI=1S/C24H31N3O3S/c1-17-7-8-18(2)21(13-17)25-31(29,30)19-9-10-22-20(14-19)24(3,4)16-27(22)15-23(28)26-11-5-6-12-26/h7-10,13-14,25H,5-6,11-12,15-16H2,1-4H3. The number of carbonyl (C=O) groups is 1. The minimum atomic E-state index is -3.72. The fourth-order valence-electron chi connectivity index (χ4n) is 4.57. The van der Waals surface area contributed by atoms with Crippen molar-refractivity contribution in [1.29, 1.82) is 0 Å². The highest BCUT2D eigenvalue weighted by Crippen LogP contribution is 2.41. The molecule has 0 aromatic heterocycles. The zero-order valence-corrected chi connectivity index (χ0v) is 19.6. The molecule has 0 bridgehead atoms. The van der Waals surface area contributed by atoms with Crippen LogP contribution >= 0.6 is 0 Å². The van der Waals surface area contributed by atoms with Crippen LogP contribution in [-0.2, 0) is 20.2 Å². The van der Waals surface area contributed by atoms with Gasteiger partial charge in [-0.15, -0.1) is 0 Å². The average Bonchev–Trinajstić information content (AvgIpc) is 3.32. The second kappa shape index (κ2) is 7.86. The minimum Gasteiger partial charge on any atom is -0.361 e. The molecule has 6 nitrogen and oxygen atoms in total. The van der Waals surface area contributed by atoms with E-state index in [1.807, 2.05) is 43.0 Å². The van der Waals surface area contributed by atoms with E-state index in [0.29, 0.717) is 18.8 Å². The molecule has 0 unspecified atom stereocenters. The Hall–Kier alpha value is -2.54. The molecule has 1 N–H and O–H groups in total. The number of rotatable bonds is 5. The zero-order valence-electron chi connectivity index (χ0n) is 18.7. The lowest BCUT2D eigenvalue weighted by molar-refractivity contribution is -0.128. The molecule has 2 aromatic carbocycles. The minimum absolute atomic E-state index is 0.148. The first-order chi connectivity index (χ1) is 14.6. The summed E-state index contributed by atoms with van der Waals surface area (Å²) in [6, 6.07) is 11.0. The maximum Gasteiger partial charge on any atom is 0.261 e. The van der Waals surface area contributed by atoms with Crippen LogP contribution in [0.15, 0.2) is 41.3 Å². The van der Waals surface area contributed by atoms with Gasteiger partial charge in [-0.2, -0.15) is 0 Å². The Morgan fingerprint density at radius 3 is 2.48 bits per heavy atom. The fourth-order valence-corrected chi connectivity index (χ4v) is 5.72. The van der Waals surface area contributed by atoms with Crippen LogP contribution in [0.3, 0.4) is 0 Å². The van der Waals surface area contributed by atoms with Crippen molar-refractivity contribution in [2.24, 2.45) is 0 Å². The largest absolute Gasteiger partial charge is 0.361 e. The topological polar surface area (TPSA) is 69.7 Å². The monoisotopic (exact) mass is 441 g/mol. The lowest BCUT2D eigenvalue weighted by Gasteiger charge is -2.24. The van der Waals surface area contributed by atoms with Gasteiger partial charge >= 0.3 is 0 Å². The van der Waals surface area contributed by atoms with E-state index < -0.39 is 10.0 Å². The van der Waals surface area contributed by atoms with Crippen molar-refractivity contribution in [3.63, 3.8) is 0 Å². The molecule has 7 heteroatoms. The molecule has 0 saturated carbocycles. The van der Waals surface area contributed by atoms with E-state index in [2.05, 4.69) is 23.5 Å².